The van der Waals surface area contributed by atoms with Crippen LogP contribution in [-0.2, 0) is 14.3 Å². The van der Waals surface area contributed by atoms with Crippen LogP contribution in [0.4, 0.5) is 5.69 Å². The lowest BCUT2D eigenvalue weighted by Gasteiger charge is -2.39. The molecule has 0 radical (unpaired) electrons. The molecular formula is C17H18BrN3O3S2. The monoisotopic (exact) mass is 455 g/mol. The van der Waals surface area contributed by atoms with Crippen LogP contribution in [0.15, 0.2) is 44.4 Å². The van der Waals surface area contributed by atoms with E-state index in [-0.39, 0.29) is 17.4 Å². The summed E-state index contributed by atoms with van der Waals surface area (Å²) < 4.78 is 5.31. The van der Waals surface area contributed by atoms with E-state index in [4.69, 9.17) is 4.74 Å². The first-order valence-electron chi connectivity index (χ1n) is 7.95. The van der Waals surface area contributed by atoms with E-state index in [1.807, 2.05) is 43.1 Å². The molecule has 0 saturated heterocycles. The van der Waals surface area contributed by atoms with Gasteiger partial charge in [0.2, 0.25) is 9.37 Å². The van der Waals surface area contributed by atoms with E-state index >= 15 is 0 Å². The molecular weight excluding hydrogens is 438 g/mol. The summed E-state index contributed by atoms with van der Waals surface area (Å²) in [5.41, 5.74) is 1.68. The fourth-order valence-corrected chi connectivity index (χ4v) is 5.80. The second-order valence-corrected chi connectivity index (χ2v) is 9.21. The first-order chi connectivity index (χ1) is 12.3. The van der Waals surface area contributed by atoms with Gasteiger partial charge in [0.15, 0.2) is 5.78 Å². The van der Waals surface area contributed by atoms with Gasteiger partial charge < -0.3 is 9.64 Å². The summed E-state index contributed by atoms with van der Waals surface area (Å²) in [4.78, 5) is 27.0. The molecule has 0 N–H and O–H groups in total. The van der Waals surface area contributed by atoms with Gasteiger partial charge in [-0.15, -0.1) is 0 Å². The minimum absolute atomic E-state index is 0.00262. The number of thioether (sulfide) groups is 2. The summed E-state index contributed by atoms with van der Waals surface area (Å²) in [5, 5.41) is 6.59. The van der Waals surface area contributed by atoms with Crippen molar-refractivity contribution >= 4 is 61.9 Å². The quantitative estimate of drug-likeness (QED) is 0.635. The number of allylic oxidation sites excluding steroid dienone is 2. The lowest BCUT2D eigenvalue weighted by atomic mass is 10.3. The Morgan fingerprint density at radius 3 is 2.46 bits per heavy atom. The van der Waals surface area contributed by atoms with Crippen LogP contribution >= 0.6 is 39.5 Å². The molecule has 26 heavy (non-hydrogen) atoms. The minimum atomic E-state index is -0.777. The fourth-order valence-electron chi connectivity index (χ4n) is 2.66. The van der Waals surface area contributed by atoms with Crippen LogP contribution < -0.4 is 5.01 Å². The average Bonchev–Trinajstić information content (AvgIpc) is 3.10. The molecule has 1 atom stereocenters. The highest BCUT2D eigenvalue weighted by atomic mass is 79.9. The number of carbonyl (C=O) groups is 2. The zero-order valence-corrected chi connectivity index (χ0v) is 18.0. The number of anilines is 1. The first kappa shape index (κ1) is 19.3. The van der Waals surface area contributed by atoms with Crippen LogP contribution in [0, 0.1) is 0 Å². The van der Waals surface area contributed by atoms with E-state index in [2.05, 4.69) is 21.0 Å². The Kier molecular flexibility index (Phi) is 5.41. The Balaban J connectivity index is 2.05. The van der Waals surface area contributed by atoms with Crippen LogP contribution in [0.3, 0.4) is 0 Å². The average molecular weight is 456 g/mol. The van der Waals surface area contributed by atoms with Gasteiger partial charge in [-0.3, -0.25) is 4.79 Å². The second-order valence-electron chi connectivity index (χ2n) is 5.70. The molecule has 0 bridgehead atoms. The number of halogens is 1. The number of ether oxygens (including phenoxy) is 1. The molecule has 0 aromatic heterocycles. The third-order valence-corrected chi connectivity index (χ3v) is 7.70. The first-order valence-corrected chi connectivity index (χ1v) is 10.4. The summed E-state index contributed by atoms with van der Waals surface area (Å²) in [6.45, 7) is 5.50. The van der Waals surface area contributed by atoms with E-state index in [1.54, 1.807) is 18.9 Å². The molecule has 0 unspecified atom stereocenters. The van der Waals surface area contributed by atoms with Crippen LogP contribution in [0.2, 0.25) is 0 Å². The SMILES string of the molecule is CCOC(=O)C1=NN(c2ccc(Br)cc2)[C@]2(S1)SC(C(C)=O)=C(C)N2C. The summed E-state index contributed by atoms with van der Waals surface area (Å²) in [5.74, 6) is -0.461. The Morgan fingerprint density at radius 2 is 1.92 bits per heavy atom. The maximum Gasteiger partial charge on any atom is 0.365 e. The fraction of sp³-hybridized carbons (Fsp3) is 0.353. The largest absolute Gasteiger partial charge is 0.461 e. The molecule has 1 aromatic carbocycles. The standard InChI is InChI=1S/C17H18BrN3O3S2/c1-5-24-16(23)15-19-21(13-8-6-12(18)7-9-13)17(26-15)20(4)10(2)14(25-17)11(3)22/h6-9H,5H2,1-4H3/t17-/m0/s1. The lowest BCUT2D eigenvalue weighted by Crippen LogP contribution is -2.47. The van der Waals surface area contributed by atoms with Gasteiger partial charge in [-0.1, -0.05) is 27.7 Å². The normalized spacial score (nSPS) is 22.3. The van der Waals surface area contributed by atoms with Crippen molar-refractivity contribution in [3.8, 4) is 0 Å². The van der Waals surface area contributed by atoms with Gasteiger partial charge in [-0.2, -0.15) is 5.10 Å². The Hall–Kier alpha value is -1.45. The van der Waals surface area contributed by atoms with Crippen molar-refractivity contribution in [1.82, 2.24) is 4.90 Å². The second kappa shape index (κ2) is 7.28. The van der Waals surface area contributed by atoms with Crippen molar-refractivity contribution in [1.29, 1.82) is 0 Å². The molecule has 3 rings (SSSR count). The van der Waals surface area contributed by atoms with Gasteiger partial charge in [-0.25, -0.2) is 9.80 Å². The number of hydrazone groups is 1. The van der Waals surface area contributed by atoms with Gasteiger partial charge >= 0.3 is 5.97 Å². The van der Waals surface area contributed by atoms with E-state index in [0.29, 0.717) is 4.91 Å². The third-order valence-electron chi connectivity index (χ3n) is 4.02. The number of carbonyl (C=O) groups excluding carboxylic acids is 2. The van der Waals surface area contributed by atoms with Crippen molar-refractivity contribution in [2.24, 2.45) is 5.10 Å². The molecule has 1 aromatic rings. The maximum atomic E-state index is 12.3. The van der Waals surface area contributed by atoms with E-state index < -0.39 is 10.3 Å². The number of ketones is 1. The molecule has 0 saturated carbocycles. The molecule has 0 aliphatic carbocycles. The summed E-state index contributed by atoms with van der Waals surface area (Å²) >= 11 is 6.13. The highest BCUT2D eigenvalue weighted by Crippen LogP contribution is 2.58. The lowest BCUT2D eigenvalue weighted by molar-refractivity contribution is -0.134. The van der Waals surface area contributed by atoms with Crippen molar-refractivity contribution < 1.29 is 14.3 Å². The van der Waals surface area contributed by atoms with E-state index in [1.165, 1.54) is 23.5 Å². The zero-order valence-electron chi connectivity index (χ0n) is 14.8. The molecule has 6 nitrogen and oxygen atoms in total. The Bertz CT molecular complexity index is 825. The minimum Gasteiger partial charge on any atom is -0.461 e. The Labute approximate surface area is 169 Å². The summed E-state index contributed by atoms with van der Waals surface area (Å²) in [6.07, 6.45) is 0. The smallest absolute Gasteiger partial charge is 0.365 e. The zero-order chi connectivity index (χ0) is 19.1. The molecule has 0 amide bonds. The molecule has 2 aliphatic rings. The van der Waals surface area contributed by atoms with Gasteiger partial charge in [0.25, 0.3) is 0 Å². The van der Waals surface area contributed by atoms with Crippen molar-refractivity contribution in [2.45, 2.75) is 25.1 Å². The highest BCUT2D eigenvalue weighted by molar-refractivity contribution is 9.10. The van der Waals surface area contributed by atoms with Gasteiger partial charge in [-0.05, 0) is 56.8 Å². The maximum absolute atomic E-state index is 12.3. The number of nitrogens with zero attached hydrogens (tertiary/aromatic N) is 3. The summed E-state index contributed by atoms with van der Waals surface area (Å²) in [7, 11) is 1.90. The number of esters is 1. The topological polar surface area (TPSA) is 62.2 Å². The van der Waals surface area contributed by atoms with Crippen LogP contribution in [0.1, 0.15) is 20.8 Å². The Morgan fingerprint density at radius 1 is 1.27 bits per heavy atom. The van der Waals surface area contributed by atoms with E-state index in [0.717, 1.165) is 15.9 Å². The van der Waals surface area contributed by atoms with Crippen LogP contribution in [-0.4, -0.2) is 39.7 Å². The van der Waals surface area contributed by atoms with Crippen molar-refractivity contribution in [2.75, 3.05) is 18.7 Å². The van der Waals surface area contributed by atoms with Gasteiger partial charge in [0.1, 0.15) is 0 Å². The van der Waals surface area contributed by atoms with E-state index in [9.17, 15) is 9.59 Å². The van der Waals surface area contributed by atoms with Crippen LogP contribution in [0.25, 0.3) is 0 Å². The molecule has 2 heterocycles. The van der Waals surface area contributed by atoms with Crippen LogP contribution in [0.5, 0.6) is 0 Å². The number of benzene rings is 1. The number of hydrogen-bond acceptors (Lipinski definition) is 8. The number of Topliss-reactive ketones (excluding diaryl/α,β-unsaturated/α-hetero) is 1. The third kappa shape index (κ3) is 3.16. The number of rotatable bonds is 4. The molecule has 9 heteroatoms. The van der Waals surface area contributed by atoms with Gasteiger partial charge in [0, 0.05) is 17.2 Å². The predicted molar refractivity (Wildman–Crippen MR) is 110 cm³/mol. The molecule has 138 valence electrons. The summed E-state index contributed by atoms with van der Waals surface area (Å²) in [6, 6.07) is 7.66. The van der Waals surface area contributed by atoms with Crippen molar-refractivity contribution in [3.05, 3.63) is 39.3 Å². The highest BCUT2D eigenvalue weighted by Gasteiger charge is 2.56. The van der Waals surface area contributed by atoms with Gasteiger partial charge in [0.05, 0.1) is 17.2 Å². The number of hydrogen-bond donors (Lipinski definition) is 0. The molecule has 2 aliphatic heterocycles. The molecule has 0 fully saturated rings. The predicted octanol–water partition coefficient (Wildman–Crippen LogP) is 3.99. The molecule has 1 spiro atoms. The van der Waals surface area contributed by atoms with Crippen molar-refractivity contribution in [3.63, 3.8) is 0 Å².